The lowest BCUT2D eigenvalue weighted by atomic mass is 10.0. The van der Waals surface area contributed by atoms with E-state index in [0.29, 0.717) is 17.8 Å². The number of hydrogen-bond donors (Lipinski definition) is 1. The first-order valence-corrected chi connectivity index (χ1v) is 11.1. The first-order valence-electron chi connectivity index (χ1n) is 11.1. The van der Waals surface area contributed by atoms with Crippen molar-refractivity contribution in [3.05, 3.63) is 71.9 Å². The van der Waals surface area contributed by atoms with Crippen molar-refractivity contribution >= 4 is 5.91 Å². The van der Waals surface area contributed by atoms with Gasteiger partial charge in [0, 0.05) is 31.4 Å². The van der Waals surface area contributed by atoms with Crippen LogP contribution in [0.1, 0.15) is 29.3 Å². The fourth-order valence-corrected chi connectivity index (χ4v) is 3.79. The first kappa shape index (κ1) is 21.3. The summed E-state index contributed by atoms with van der Waals surface area (Å²) in [6.45, 7) is 7.27. The molecule has 1 aromatic heterocycles. The molecule has 162 valence electrons. The van der Waals surface area contributed by atoms with Crippen LogP contribution < -0.4 is 5.32 Å². The Kier molecular flexibility index (Phi) is 7.12. The zero-order chi connectivity index (χ0) is 21.5. The van der Waals surface area contributed by atoms with Crippen molar-refractivity contribution in [2.45, 2.75) is 19.8 Å². The van der Waals surface area contributed by atoms with Gasteiger partial charge in [-0.15, -0.1) is 0 Å². The van der Waals surface area contributed by atoms with Gasteiger partial charge in [-0.05, 0) is 37.1 Å². The van der Waals surface area contributed by atoms with E-state index in [4.69, 9.17) is 9.84 Å². The minimum absolute atomic E-state index is 0.0845. The van der Waals surface area contributed by atoms with Crippen LogP contribution in [-0.2, 0) is 11.2 Å². The van der Waals surface area contributed by atoms with E-state index in [1.165, 1.54) is 5.56 Å². The summed E-state index contributed by atoms with van der Waals surface area (Å²) in [5, 5.41) is 7.85. The molecule has 0 aliphatic carbocycles. The van der Waals surface area contributed by atoms with E-state index < -0.39 is 0 Å². The Labute approximate surface area is 183 Å². The summed E-state index contributed by atoms with van der Waals surface area (Å²) < 4.78 is 7.17. The third-order valence-electron chi connectivity index (χ3n) is 5.66. The van der Waals surface area contributed by atoms with E-state index in [1.54, 1.807) is 4.68 Å². The highest BCUT2D eigenvalue weighted by molar-refractivity contribution is 5.99. The van der Waals surface area contributed by atoms with E-state index in [1.807, 2.05) is 48.7 Å². The van der Waals surface area contributed by atoms with Crippen LogP contribution in [0.3, 0.4) is 0 Å². The largest absolute Gasteiger partial charge is 0.379 e. The highest BCUT2D eigenvalue weighted by Crippen LogP contribution is 2.24. The van der Waals surface area contributed by atoms with Gasteiger partial charge in [0.25, 0.3) is 5.91 Å². The van der Waals surface area contributed by atoms with E-state index in [0.717, 1.165) is 56.9 Å². The standard InChI is InChI=1S/C25H30N4O2/c1-2-20-9-11-21(12-10-20)24-23(19-29(27-24)22-7-4-3-5-8-22)25(30)26-13-6-14-28-15-17-31-18-16-28/h3-5,7-12,19H,2,6,13-18H2,1H3,(H,26,30). The number of benzene rings is 2. The smallest absolute Gasteiger partial charge is 0.255 e. The number of morpholine rings is 1. The molecule has 0 unspecified atom stereocenters. The van der Waals surface area contributed by atoms with Crippen LogP contribution in [0.2, 0.25) is 0 Å². The molecule has 6 nitrogen and oxygen atoms in total. The molecule has 6 heteroatoms. The quantitative estimate of drug-likeness (QED) is 0.569. The van der Waals surface area contributed by atoms with Gasteiger partial charge in [-0.1, -0.05) is 49.4 Å². The summed E-state index contributed by atoms with van der Waals surface area (Å²) in [5.74, 6) is -0.0845. The zero-order valence-electron chi connectivity index (χ0n) is 18.1. The summed E-state index contributed by atoms with van der Waals surface area (Å²) in [6, 6.07) is 18.2. The number of aromatic nitrogens is 2. The molecule has 1 saturated heterocycles. The van der Waals surface area contributed by atoms with Gasteiger partial charge >= 0.3 is 0 Å². The van der Waals surface area contributed by atoms with Gasteiger partial charge in [-0.25, -0.2) is 4.68 Å². The second-order valence-corrected chi connectivity index (χ2v) is 7.79. The Balaban J connectivity index is 1.50. The molecule has 1 fully saturated rings. The number of carbonyl (C=O) groups excluding carboxylic acids is 1. The number of rotatable bonds is 8. The lowest BCUT2D eigenvalue weighted by Crippen LogP contribution is -2.38. The molecule has 0 saturated carbocycles. The average molecular weight is 419 g/mol. The predicted octanol–water partition coefficient (Wildman–Crippen LogP) is 3.55. The van der Waals surface area contributed by atoms with Crippen molar-refractivity contribution in [1.82, 2.24) is 20.0 Å². The highest BCUT2D eigenvalue weighted by Gasteiger charge is 2.19. The van der Waals surface area contributed by atoms with Gasteiger partial charge in [0.2, 0.25) is 0 Å². The Hall–Kier alpha value is -2.96. The molecule has 2 heterocycles. The van der Waals surface area contributed by atoms with E-state index >= 15 is 0 Å². The van der Waals surface area contributed by atoms with Gasteiger partial charge < -0.3 is 10.1 Å². The van der Waals surface area contributed by atoms with E-state index in [9.17, 15) is 4.79 Å². The molecular weight excluding hydrogens is 388 g/mol. The fourth-order valence-electron chi connectivity index (χ4n) is 3.79. The lowest BCUT2D eigenvalue weighted by Gasteiger charge is -2.26. The number of aryl methyl sites for hydroxylation is 1. The second-order valence-electron chi connectivity index (χ2n) is 7.79. The summed E-state index contributed by atoms with van der Waals surface area (Å²) in [5.41, 5.74) is 4.45. The van der Waals surface area contributed by atoms with Crippen LogP contribution in [0.15, 0.2) is 60.8 Å². The van der Waals surface area contributed by atoms with Crippen LogP contribution in [0.5, 0.6) is 0 Å². The topological polar surface area (TPSA) is 59.4 Å². The SMILES string of the molecule is CCc1ccc(-c2nn(-c3ccccc3)cc2C(=O)NCCCN2CCOCC2)cc1. The molecule has 1 aliphatic heterocycles. The lowest BCUT2D eigenvalue weighted by molar-refractivity contribution is 0.0374. The van der Waals surface area contributed by atoms with Crippen LogP contribution in [-0.4, -0.2) is 60.0 Å². The number of hydrogen-bond acceptors (Lipinski definition) is 4. The average Bonchev–Trinajstić information content (AvgIpc) is 3.29. The number of carbonyl (C=O) groups is 1. The Morgan fingerprint density at radius 1 is 1.06 bits per heavy atom. The summed E-state index contributed by atoms with van der Waals surface area (Å²) in [4.78, 5) is 15.4. The van der Waals surface area contributed by atoms with Crippen LogP contribution in [0, 0.1) is 0 Å². The van der Waals surface area contributed by atoms with Crippen molar-refractivity contribution in [3.8, 4) is 16.9 Å². The molecule has 31 heavy (non-hydrogen) atoms. The minimum atomic E-state index is -0.0845. The number of nitrogens with one attached hydrogen (secondary N) is 1. The van der Waals surface area contributed by atoms with Crippen LogP contribution >= 0.6 is 0 Å². The number of ether oxygens (including phenoxy) is 1. The van der Waals surface area contributed by atoms with Gasteiger partial charge in [0.05, 0.1) is 24.5 Å². The van der Waals surface area contributed by atoms with Crippen molar-refractivity contribution in [2.24, 2.45) is 0 Å². The van der Waals surface area contributed by atoms with Crippen molar-refractivity contribution in [3.63, 3.8) is 0 Å². The van der Waals surface area contributed by atoms with Gasteiger partial charge in [-0.2, -0.15) is 5.10 Å². The van der Waals surface area contributed by atoms with Gasteiger partial charge in [0.15, 0.2) is 0 Å². The minimum Gasteiger partial charge on any atom is -0.379 e. The summed E-state index contributed by atoms with van der Waals surface area (Å²) in [7, 11) is 0. The normalized spacial score (nSPS) is 14.5. The second kappa shape index (κ2) is 10.4. The van der Waals surface area contributed by atoms with Crippen molar-refractivity contribution < 1.29 is 9.53 Å². The molecule has 0 atom stereocenters. The van der Waals surface area contributed by atoms with Crippen molar-refractivity contribution in [2.75, 3.05) is 39.4 Å². The van der Waals surface area contributed by atoms with E-state index in [2.05, 4.69) is 29.3 Å². The molecule has 0 spiro atoms. The number of para-hydroxylation sites is 1. The molecular formula is C25H30N4O2. The molecule has 0 radical (unpaired) electrons. The third kappa shape index (κ3) is 5.40. The van der Waals surface area contributed by atoms with Crippen LogP contribution in [0.4, 0.5) is 0 Å². The highest BCUT2D eigenvalue weighted by atomic mass is 16.5. The van der Waals surface area contributed by atoms with E-state index in [-0.39, 0.29) is 5.91 Å². The monoisotopic (exact) mass is 418 g/mol. The maximum atomic E-state index is 13.1. The Morgan fingerprint density at radius 3 is 2.52 bits per heavy atom. The molecule has 4 rings (SSSR count). The molecule has 2 aromatic carbocycles. The zero-order valence-corrected chi connectivity index (χ0v) is 18.1. The Bertz CT molecular complexity index is 977. The van der Waals surface area contributed by atoms with Gasteiger partial charge in [-0.3, -0.25) is 9.69 Å². The number of amides is 1. The third-order valence-corrected chi connectivity index (χ3v) is 5.66. The Morgan fingerprint density at radius 2 is 1.81 bits per heavy atom. The molecule has 0 bridgehead atoms. The van der Waals surface area contributed by atoms with Gasteiger partial charge in [0.1, 0.15) is 5.69 Å². The molecule has 3 aromatic rings. The van der Waals surface area contributed by atoms with Crippen LogP contribution in [0.25, 0.3) is 16.9 Å². The molecule has 1 N–H and O–H groups in total. The molecule has 1 amide bonds. The number of nitrogens with zero attached hydrogens (tertiary/aromatic N) is 3. The maximum absolute atomic E-state index is 13.1. The summed E-state index contributed by atoms with van der Waals surface area (Å²) in [6.07, 6.45) is 3.73. The predicted molar refractivity (Wildman–Crippen MR) is 123 cm³/mol. The van der Waals surface area contributed by atoms with Crippen molar-refractivity contribution in [1.29, 1.82) is 0 Å². The first-order chi connectivity index (χ1) is 15.2. The maximum Gasteiger partial charge on any atom is 0.255 e. The fraction of sp³-hybridized carbons (Fsp3) is 0.360. The molecule has 1 aliphatic rings. The summed E-state index contributed by atoms with van der Waals surface area (Å²) >= 11 is 0.